The molecule has 0 saturated carbocycles. The van der Waals surface area contributed by atoms with Crippen LogP contribution in [0.25, 0.3) is 22.0 Å². The van der Waals surface area contributed by atoms with Gasteiger partial charge in [-0.1, -0.05) is 11.2 Å². The summed E-state index contributed by atoms with van der Waals surface area (Å²) in [4.78, 5) is 5.50. The van der Waals surface area contributed by atoms with Crippen LogP contribution >= 0.6 is 0 Å². The van der Waals surface area contributed by atoms with Crippen molar-refractivity contribution in [1.82, 2.24) is 15.0 Å². The highest BCUT2D eigenvalue weighted by molar-refractivity contribution is 5.88. The minimum Gasteiger partial charge on any atom is -0.361 e. The summed E-state index contributed by atoms with van der Waals surface area (Å²) in [5.41, 5.74) is 5.67. The van der Waals surface area contributed by atoms with Crippen molar-refractivity contribution in [2.24, 2.45) is 0 Å². The van der Waals surface area contributed by atoms with E-state index in [1.807, 2.05) is 13.8 Å². The fourth-order valence-electron chi connectivity index (χ4n) is 2.70. The molecule has 0 atom stereocenters. The molecule has 0 saturated heterocycles. The summed E-state index contributed by atoms with van der Waals surface area (Å²) in [6.07, 6.45) is 2.09. The predicted molar refractivity (Wildman–Crippen MR) is 80.7 cm³/mol. The maximum absolute atomic E-state index is 5.27. The van der Waals surface area contributed by atoms with Crippen LogP contribution in [0.3, 0.4) is 0 Å². The molecule has 0 amide bonds. The van der Waals surface area contributed by atoms with Crippen LogP contribution in [0.15, 0.2) is 28.9 Å². The van der Waals surface area contributed by atoms with Gasteiger partial charge < -0.3 is 14.4 Å². The van der Waals surface area contributed by atoms with Crippen molar-refractivity contribution in [1.29, 1.82) is 0 Å². The number of hydrogen-bond donors (Lipinski definition) is 1. The summed E-state index contributed by atoms with van der Waals surface area (Å²) in [6.45, 7) is 4.86. The Hall–Kier alpha value is -2.07. The highest BCUT2D eigenvalue weighted by atomic mass is 16.5. The average Bonchev–Trinajstić information content (AvgIpc) is 2.93. The Bertz CT molecular complexity index is 733. The molecule has 0 bridgehead atoms. The minimum absolute atomic E-state index is 0.867. The van der Waals surface area contributed by atoms with E-state index in [9.17, 15) is 0 Å². The number of benzene rings is 1. The van der Waals surface area contributed by atoms with Gasteiger partial charge in [-0.05, 0) is 51.2 Å². The van der Waals surface area contributed by atoms with E-state index in [-0.39, 0.29) is 0 Å². The van der Waals surface area contributed by atoms with Gasteiger partial charge in [0.15, 0.2) is 0 Å². The molecule has 0 aliphatic rings. The maximum atomic E-state index is 5.27. The van der Waals surface area contributed by atoms with Crippen LogP contribution < -0.4 is 0 Å². The molecule has 4 nitrogen and oxygen atoms in total. The third-order valence-corrected chi connectivity index (χ3v) is 3.58. The quantitative estimate of drug-likeness (QED) is 0.791. The molecule has 1 N–H and O–H groups in total. The monoisotopic (exact) mass is 269 g/mol. The topological polar surface area (TPSA) is 45.1 Å². The maximum Gasteiger partial charge on any atom is 0.141 e. The van der Waals surface area contributed by atoms with Gasteiger partial charge in [0.25, 0.3) is 0 Å². The summed E-state index contributed by atoms with van der Waals surface area (Å²) in [5.74, 6) is 0.867. The van der Waals surface area contributed by atoms with Gasteiger partial charge in [0.1, 0.15) is 5.76 Å². The normalized spacial score (nSPS) is 11.7. The highest BCUT2D eigenvalue weighted by Gasteiger charge is 2.13. The number of hydrogen-bond acceptors (Lipinski definition) is 3. The zero-order chi connectivity index (χ0) is 14.3. The molecule has 2 heterocycles. The van der Waals surface area contributed by atoms with E-state index in [2.05, 4.69) is 53.5 Å². The first-order valence-corrected chi connectivity index (χ1v) is 6.74. The fraction of sp³-hybridized carbons (Fsp3) is 0.312. The van der Waals surface area contributed by atoms with Crippen LogP contribution in [-0.4, -0.2) is 29.1 Å². The van der Waals surface area contributed by atoms with E-state index in [1.165, 1.54) is 10.9 Å². The molecule has 2 aromatic heterocycles. The Morgan fingerprint density at radius 3 is 2.70 bits per heavy atom. The molecule has 0 spiro atoms. The second kappa shape index (κ2) is 4.80. The van der Waals surface area contributed by atoms with E-state index in [4.69, 9.17) is 4.52 Å². The molecule has 0 aliphatic heterocycles. The van der Waals surface area contributed by atoms with Gasteiger partial charge >= 0.3 is 0 Å². The van der Waals surface area contributed by atoms with Crippen molar-refractivity contribution >= 4 is 10.9 Å². The smallest absolute Gasteiger partial charge is 0.141 e. The number of rotatable bonds is 3. The van der Waals surface area contributed by atoms with Gasteiger partial charge in [0.05, 0.1) is 5.69 Å². The van der Waals surface area contributed by atoms with E-state index in [0.717, 1.165) is 34.6 Å². The van der Waals surface area contributed by atoms with Crippen LogP contribution in [0.1, 0.15) is 17.0 Å². The van der Waals surface area contributed by atoms with Crippen molar-refractivity contribution in [3.05, 3.63) is 41.4 Å². The number of aryl methyl sites for hydroxylation is 2. The molecule has 3 aromatic rings. The van der Waals surface area contributed by atoms with Crippen LogP contribution in [0.2, 0.25) is 0 Å². The van der Waals surface area contributed by atoms with Crippen molar-refractivity contribution in [2.45, 2.75) is 20.4 Å². The zero-order valence-electron chi connectivity index (χ0n) is 12.3. The Morgan fingerprint density at radius 1 is 1.25 bits per heavy atom. The minimum atomic E-state index is 0.867. The lowest BCUT2D eigenvalue weighted by Crippen LogP contribution is -2.10. The summed E-state index contributed by atoms with van der Waals surface area (Å²) >= 11 is 0. The molecular weight excluding hydrogens is 250 g/mol. The van der Waals surface area contributed by atoms with Gasteiger partial charge in [-0.15, -0.1) is 0 Å². The second-order valence-corrected chi connectivity index (χ2v) is 5.51. The third-order valence-electron chi connectivity index (χ3n) is 3.58. The number of H-pyrrole nitrogens is 1. The first-order valence-electron chi connectivity index (χ1n) is 6.74. The summed E-state index contributed by atoms with van der Waals surface area (Å²) in [5, 5.41) is 5.30. The SMILES string of the molecule is Cc1noc(C)c1-c1ccc2[nH]cc(CN(C)C)c2c1. The van der Waals surface area contributed by atoms with Crippen LogP contribution in [0.5, 0.6) is 0 Å². The van der Waals surface area contributed by atoms with Gasteiger partial charge in [0, 0.05) is 29.2 Å². The van der Waals surface area contributed by atoms with E-state index >= 15 is 0 Å². The molecule has 104 valence electrons. The Labute approximate surface area is 118 Å². The lowest BCUT2D eigenvalue weighted by Gasteiger charge is -2.08. The van der Waals surface area contributed by atoms with Gasteiger partial charge in [-0.3, -0.25) is 0 Å². The Balaban J connectivity index is 2.14. The number of nitrogens with one attached hydrogen (secondary N) is 1. The number of aromatic nitrogens is 2. The third kappa shape index (κ3) is 2.12. The van der Waals surface area contributed by atoms with Gasteiger partial charge in [-0.25, -0.2) is 0 Å². The highest BCUT2D eigenvalue weighted by Crippen LogP contribution is 2.30. The fourth-order valence-corrected chi connectivity index (χ4v) is 2.70. The van der Waals surface area contributed by atoms with Gasteiger partial charge in [-0.2, -0.15) is 0 Å². The lowest BCUT2D eigenvalue weighted by molar-refractivity contribution is 0.393. The zero-order valence-corrected chi connectivity index (χ0v) is 12.3. The summed E-state index contributed by atoms with van der Waals surface area (Å²) in [6, 6.07) is 6.46. The standard InChI is InChI=1S/C16H19N3O/c1-10-16(11(2)20-18-10)12-5-6-15-14(7-12)13(8-17-15)9-19(3)4/h5-8,17H,9H2,1-4H3. The van der Waals surface area contributed by atoms with E-state index in [1.54, 1.807) is 0 Å². The molecule has 1 aromatic carbocycles. The Morgan fingerprint density at radius 2 is 2.05 bits per heavy atom. The summed E-state index contributed by atoms with van der Waals surface area (Å²) in [7, 11) is 4.16. The largest absolute Gasteiger partial charge is 0.361 e. The molecule has 3 rings (SSSR count). The predicted octanol–water partition coefficient (Wildman–Crippen LogP) is 3.50. The van der Waals surface area contributed by atoms with E-state index in [0.29, 0.717) is 0 Å². The molecule has 0 radical (unpaired) electrons. The number of nitrogens with zero attached hydrogens (tertiary/aromatic N) is 2. The van der Waals surface area contributed by atoms with E-state index < -0.39 is 0 Å². The lowest BCUT2D eigenvalue weighted by atomic mass is 10.0. The van der Waals surface area contributed by atoms with Gasteiger partial charge in [0.2, 0.25) is 0 Å². The van der Waals surface area contributed by atoms with Crippen LogP contribution in [-0.2, 0) is 6.54 Å². The van der Waals surface area contributed by atoms with Crippen molar-refractivity contribution in [2.75, 3.05) is 14.1 Å². The molecule has 0 aliphatic carbocycles. The van der Waals surface area contributed by atoms with Crippen molar-refractivity contribution in [3.8, 4) is 11.1 Å². The number of aromatic amines is 1. The molecule has 0 fully saturated rings. The molecular formula is C16H19N3O. The molecule has 20 heavy (non-hydrogen) atoms. The average molecular weight is 269 g/mol. The van der Waals surface area contributed by atoms with Crippen LogP contribution in [0.4, 0.5) is 0 Å². The molecule has 0 unspecified atom stereocenters. The first kappa shape index (κ1) is 12.9. The number of fused-ring (bicyclic) bond motifs is 1. The van der Waals surface area contributed by atoms with Crippen molar-refractivity contribution in [3.63, 3.8) is 0 Å². The summed E-state index contributed by atoms with van der Waals surface area (Å²) < 4.78 is 5.27. The molecule has 4 heteroatoms. The first-order chi connectivity index (χ1) is 9.56. The Kier molecular flexibility index (Phi) is 3.10. The van der Waals surface area contributed by atoms with Crippen molar-refractivity contribution < 1.29 is 4.52 Å². The second-order valence-electron chi connectivity index (χ2n) is 5.51. The van der Waals surface area contributed by atoms with Crippen LogP contribution in [0, 0.1) is 13.8 Å².